The van der Waals surface area contributed by atoms with Crippen molar-refractivity contribution in [1.82, 2.24) is 35.1 Å². The number of carbonyl (C=O) groups is 1. The van der Waals surface area contributed by atoms with Crippen LogP contribution in [0.3, 0.4) is 0 Å². The highest BCUT2D eigenvalue weighted by Crippen LogP contribution is 2.18. The molecule has 3 heterocycles. The summed E-state index contributed by atoms with van der Waals surface area (Å²) in [5, 5.41) is 14.9. The van der Waals surface area contributed by atoms with Crippen molar-refractivity contribution in [3.8, 4) is 5.69 Å². The van der Waals surface area contributed by atoms with Gasteiger partial charge in [0.05, 0.1) is 11.7 Å². The van der Waals surface area contributed by atoms with Crippen molar-refractivity contribution >= 4 is 17.8 Å². The average Bonchev–Trinajstić information content (AvgIpc) is 3.24. The first-order valence-electron chi connectivity index (χ1n) is 9.13. The molecule has 1 fully saturated rings. The fourth-order valence-corrected chi connectivity index (χ4v) is 3.17. The van der Waals surface area contributed by atoms with E-state index in [2.05, 4.69) is 40.6 Å². The highest BCUT2D eigenvalue weighted by Gasteiger charge is 2.28. The van der Waals surface area contributed by atoms with Gasteiger partial charge in [0.25, 0.3) is 0 Å². The third kappa shape index (κ3) is 3.81. The zero-order chi connectivity index (χ0) is 19.3. The Morgan fingerprint density at radius 1 is 1.04 bits per heavy atom. The summed E-state index contributed by atoms with van der Waals surface area (Å²) in [6.45, 7) is 4.80. The van der Waals surface area contributed by atoms with Crippen molar-refractivity contribution in [2.75, 3.05) is 36.4 Å². The van der Waals surface area contributed by atoms with Gasteiger partial charge in [-0.2, -0.15) is 4.68 Å². The second kappa shape index (κ2) is 8.09. The molecule has 2 aromatic heterocycles. The summed E-state index contributed by atoms with van der Waals surface area (Å²) in [6.07, 6.45) is 3.20. The molecule has 28 heavy (non-hydrogen) atoms. The molecule has 0 saturated carbocycles. The van der Waals surface area contributed by atoms with Crippen LogP contribution in [0.1, 0.15) is 6.92 Å². The summed E-state index contributed by atoms with van der Waals surface area (Å²) < 4.78 is 1.73. The molecule has 1 atom stereocenters. The van der Waals surface area contributed by atoms with Crippen LogP contribution in [-0.2, 0) is 4.79 Å². The van der Waals surface area contributed by atoms with Gasteiger partial charge in [-0.05, 0) is 35.5 Å². The Bertz CT molecular complexity index is 907. The van der Waals surface area contributed by atoms with Gasteiger partial charge < -0.3 is 4.90 Å². The van der Waals surface area contributed by atoms with Crippen LogP contribution < -0.4 is 10.2 Å². The van der Waals surface area contributed by atoms with Gasteiger partial charge in [0.2, 0.25) is 17.8 Å². The Labute approximate surface area is 162 Å². The number of carbonyl (C=O) groups excluding carboxylic acids is 1. The molecule has 0 aliphatic carbocycles. The molecule has 144 valence electrons. The van der Waals surface area contributed by atoms with Crippen molar-refractivity contribution in [2.24, 2.45) is 0 Å². The molecule has 1 aliphatic heterocycles. The van der Waals surface area contributed by atoms with Gasteiger partial charge in [-0.3, -0.25) is 15.0 Å². The van der Waals surface area contributed by atoms with E-state index in [1.54, 1.807) is 23.1 Å². The number of nitrogens with one attached hydrogen (secondary N) is 1. The Balaban J connectivity index is 1.37. The molecule has 1 aliphatic rings. The zero-order valence-electron chi connectivity index (χ0n) is 15.5. The van der Waals surface area contributed by atoms with E-state index in [0.29, 0.717) is 11.9 Å². The van der Waals surface area contributed by atoms with Gasteiger partial charge in [-0.15, -0.1) is 0 Å². The van der Waals surface area contributed by atoms with Crippen molar-refractivity contribution in [3.63, 3.8) is 0 Å². The number of benzene rings is 1. The lowest BCUT2D eigenvalue weighted by Crippen LogP contribution is -2.53. The SMILES string of the molecule is CC(C(=O)Nc1ncccn1)N1CCN(c2nnnn2-c2ccccc2)CC1. The molecular weight excluding hydrogens is 358 g/mol. The first-order chi connectivity index (χ1) is 13.7. The Kier molecular flexibility index (Phi) is 5.20. The van der Waals surface area contributed by atoms with Crippen LogP contribution in [0.25, 0.3) is 5.69 Å². The van der Waals surface area contributed by atoms with Crippen LogP contribution in [0.2, 0.25) is 0 Å². The van der Waals surface area contributed by atoms with E-state index in [4.69, 9.17) is 0 Å². The van der Waals surface area contributed by atoms with Crippen LogP contribution in [0.15, 0.2) is 48.8 Å². The molecule has 10 heteroatoms. The number of amides is 1. The minimum Gasteiger partial charge on any atom is -0.337 e. The standard InChI is InChI=1S/C18H21N9O/c1-14(16(28)21-17-19-8-5-9-20-17)25-10-12-26(13-11-25)18-22-23-24-27(18)15-6-3-2-4-7-15/h2-9,14H,10-13H2,1H3,(H,19,20,21,28). The number of anilines is 2. The predicted octanol–water partition coefficient (Wildman–Crippen LogP) is 0.602. The molecule has 0 bridgehead atoms. The van der Waals surface area contributed by atoms with E-state index in [1.165, 1.54) is 0 Å². The van der Waals surface area contributed by atoms with Crippen molar-refractivity contribution in [1.29, 1.82) is 0 Å². The molecule has 0 radical (unpaired) electrons. The van der Waals surface area contributed by atoms with Crippen LogP contribution in [0, 0.1) is 0 Å². The van der Waals surface area contributed by atoms with Crippen molar-refractivity contribution < 1.29 is 4.79 Å². The van der Waals surface area contributed by atoms with E-state index in [0.717, 1.165) is 31.9 Å². The second-order valence-electron chi connectivity index (χ2n) is 6.49. The minimum atomic E-state index is -0.281. The number of hydrogen-bond donors (Lipinski definition) is 1. The lowest BCUT2D eigenvalue weighted by atomic mass is 10.2. The average molecular weight is 379 g/mol. The fraction of sp³-hybridized carbons (Fsp3) is 0.333. The number of aromatic nitrogens is 6. The molecule has 1 aromatic carbocycles. The van der Waals surface area contributed by atoms with Crippen LogP contribution in [0.4, 0.5) is 11.9 Å². The minimum absolute atomic E-state index is 0.117. The normalized spacial score (nSPS) is 16.0. The first kappa shape index (κ1) is 18.0. The Morgan fingerprint density at radius 3 is 2.46 bits per heavy atom. The topological polar surface area (TPSA) is 105 Å². The number of hydrogen-bond acceptors (Lipinski definition) is 8. The van der Waals surface area contributed by atoms with E-state index in [1.807, 2.05) is 37.3 Å². The molecule has 1 unspecified atom stereocenters. The van der Waals surface area contributed by atoms with Crippen molar-refractivity contribution in [2.45, 2.75) is 13.0 Å². The lowest BCUT2D eigenvalue weighted by molar-refractivity contribution is -0.120. The molecular formula is C18H21N9O. The third-order valence-corrected chi connectivity index (χ3v) is 4.78. The summed E-state index contributed by atoms with van der Waals surface area (Å²) in [6, 6.07) is 11.2. The molecule has 10 nitrogen and oxygen atoms in total. The number of rotatable bonds is 5. The summed E-state index contributed by atoms with van der Waals surface area (Å²) in [5.41, 5.74) is 0.917. The van der Waals surface area contributed by atoms with Gasteiger partial charge in [0.1, 0.15) is 0 Å². The third-order valence-electron chi connectivity index (χ3n) is 4.78. The molecule has 1 saturated heterocycles. The van der Waals surface area contributed by atoms with Crippen molar-refractivity contribution in [3.05, 3.63) is 48.8 Å². The van der Waals surface area contributed by atoms with Gasteiger partial charge in [0.15, 0.2) is 0 Å². The number of nitrogens with zero attached hydrogens (tertiary/aromatic N) is 8. The maximum absolute atomic E-state index is 12.5. The van der Waals surface area contributed by atoms with E-state index >= 15 is 0 Å². The summed E-state index contributed by atoms with van der Waals surface area (Å²) >= 11 is 0. The molecule has 1 amide bonds. The predicted molar refractivity (Wildman–Crippen MR) is 103 cm³/mol. The van der Waals surface area contributed by atoms with E-state index < -0.39 is 0 Å². The maximum Gasteiger partial charge on any atom is 0.250 e. The highest BCUT2D eigenvalue weighted by atomic mass is 16.2. The van der Waals surface area contributed by atoms with Gasteiger partial charge in [0, 0.05) is 38.6 Å². The van der Waals surface area contributed by atoms with Gasteiger partial charge in [-0.25, -0.2) is 9.97 Å². The largest absolute Gasteiger partial charge is 0.337 e. The van der Waals surface area contributed by atoms with Crippen LogP contribution in [0.5, 0.6) is 0 Å². The molecule has 0 spiro atoms. The van der Waals surface area contributed by atoms with Gasteiger partial charge in [-0.1, -0.05) is 23.3 Å². The monoisotopic (exact) mass is 379 g/mol. The number of piperazine rings is 1. The highest BCUT2D eigenvalue weighted by molar-refractivity contribution is 5.93. The maximum atomic E-state index is 12.5. The van der Waals surface area contributed by atoms with E-state index in [-0.39, 0.29) is 11.9 Å². The molecule has 3 aromatic rings. The zero-order valence-corrected chi connectivity index (χ0v) is 15.5. The Hall–Kier alpha value is -3.40. The molecule has 4 rings (SSSR count). The quantitative estimate of drug-likeness (QED) is 0.687. The summed E-state index contributed by atoms with van der Waals surface area (Å²) in [7, 11) is 0. The first-order valence-corrected chi connectivity index (χ1v) is 9.13. The molecule has 1 N–H and O–H groups in total. The smallest absolute Gasteiger partial charge is 0.250 e. The van der Waals surface area contributed by atoms with Crippen LogP contribution in [-0.4, -0.2) is 73.2 Å². The van der Waals surface area contributed by atoms with E-state index in [9.17, 15) is 4.79 Å². The second-order valence-corrected chi connectivity index (χ2v) is 6.49. The van der Waals surface area contributed by atoms with Gasteiger partial charge >= 0.3 is 0 Å². The number of tetrazole rings is 1. The lowest BCUT2D eigenvalue weighted by Gasteiger charge is -2.37. The Morgan fingerprint density at radius 2 is 1.75 bits per heavy atom. The summed E-state index contributed by atoms with van der Waals surface area (Å²) in [5.74, 6) is 0.912. The fourth-order valence-electron chi connectivity index (χ4n) is 3.17. The summed E-state index contributed by atoms with van der Waals surface area (Å²) in [4.78, 5) is 24.8. The van der Waals surface area contributed by atoms with Crippen LogP contribution >= 0.6 is 0 Å². The number of para-hydroxylation sites is 1.